The van der Waals surface area contributed by atoms with E-state index in [0.717, 1.165) is 6.92 Å². The first-order chi connectivity index (χ1) is 36.5. The van der Waals surface area contributed by atoms with Crippen molar-refractivity contribution in [1.82, 2.24) is 14.4 Å². The van der Waals surface area contributed by atoms with E-state index >= 15 is 13.6 Å². The molecule has 0 saturated carbocycles. The van der Waals surface area contributed by atoms with E-state index in [1.807, 2.05) is 0 Å². The van der Waals surface area contributed by atoms with Crippen LogP contribution in [0.4, 0.5) is 22.0 Å². The van der Waals surface area contributed by atoms with Crippen LogP contribution in [0.3, 0.4) is 0 Å². The van der Waals surface area contributed by atoms with Crippen molar-refractivity contribution in [1.29, 1.82) is 0 Å². The average molecular weight is 778 g/mol. The molecule has 0 spiro atoms. The summed E-state index contributed by atoms with van der Waals surface area (Å²) in [5.41, 5.74) is -14.5. The molecule has 6 rings (SSSR count). The van der Waals surface area contributed by atoms with Gasteiger partial charge in [-0.1, -0.05) is 54.4 Å². The molecule has 1 aliphatic heterocycles. The average Bonchev–Trinajstić information content (AvgIpc) is 2.70. The molecule has 0 aliphatic carbocycles. The number of hydrogen-bond acceptors (Lipinski definition) is 5. The highest BCUT2D eigenvalue weighted by atomic mass is 32.2. The molecule has 2 heterocycles. The Morgan fingerprint density at radius 2 is 1.72 bits per heavy atom. The van der Waals surface area contributed by atoms with Crippen LogP contribution in [0.2, 0.25) is 0 Å². The van der Waals surface area contributed by atoms with Crippen LogP contribution in [-0.2, 0) is 34.5 Å². The number of halogens is 5. The monoisotopic (exact) mass is 777 g/mol. The molecule has 53 heavy (non-hydrogen) atoms. The Labute approximate surface area is 348 Å². The molecule has 1 aliphatic rings. The lowest BCUT2D eigenvalue weighted by Crippen LogP contribution is -2.48. The molecule has 0 atom stereocenters. The van der Waals surface area contributed by atoms with Gasteiger partial charge in [0.05, 0.1) is 47.3 Å². The van der Waals surface area contributed by atoms with E-state index < -0.39 is 245 Å². The second-order valence-corrected chi connectivity index (χ2v) is 11.3. The van der Waals surface area contributed by atoms with E-state index in [9.17, 15) is 24.8 Å². The van der Waals surface area contributed by atoms with Crippen LogP contribution >= 0.6 is 11.8 Å². The van der Waals surface area contributed by atoms with E-state index in [-0.39, 0.29) is 14.4 Å². The predicted molar refractivity (Wildman–Crippen MR) is 198 cm³/mol. The number of rotatable bonds is 12. The third kappa shape index (κ3) is 9.00. The number of carbonyl (C=O) groups is 1. The van der Waals surface area contributed by atoms with Gasteiger partial charge in [-0.2, -0.15) is 13.2 Å². The van der Waals surface area contributed by atoms with Gasteiger partial charge >= 0.3 is 6.18 Å². The van der Waals surface area contributed by atoms with Gasteiger partial charge in [0.25, 0.3) is 0 Å². The largest absolute Gasteiger partial charge is 0.416 e. The lowest BCUT2D eigenvalue weighted by atomic mass is 9.97. The van der Waals surface area contributed by atoms with Crippen molar-refractivity contribution in [2.45, 2.75) is 55.7 Å². The van der Waals surface area contributed by atoms with Gasteiger partial charge in [-0.25, -0.2) is 8.78 Å². The number of ether oxygens (including phenoxy) is 1. The number of methoxy groups -OCH3 is 1. The SMILES string of the molecule is [2H]c1c([2H])c(F)c(F)c(C([2H])([2H])Sc2c([2H])c(=O)c3c([2H])c([2H])c([2H])c([2H])c3n2CC(=O)N(Cc2c([2H])c([2H])c(-c3c([2H])c([2H])c(C(F)(F)F)c([2H])c3[2H])c([2H])c2C)C2([2H])C([2H])([2H])C([2H])([2H])N(CC([2H])([2H])OC)C([2H])([2H])C2([2H])[2H])c1[2H]. The summed E-state index contributed by atoms with van der Waals surface area (Å²) in [5.74, 6) is -6.60. The maximum absolute atomic E-state index is 15.7. The number of hydrogen-bond donors (Lipinski definition) is 0. The zero-order valence-electron chi connectivity index (χ0n) is 55.0. The van der Waals surface area contributed by atoms with Crippen molar-refractivity contribution in [3.05, 3.63) is 135 Å². The molecule has 6 nitrogen and oxygen atoms in total. The molecular weight excluding hydrogens is 710 g/mol. The van der Waals surface area contributed by atoms with Crippen LogP contribution in [-0.4, -0.2) is 59.5 Å². The van der Waals surface area contributed by atoms with Gasteiger partial charge in [0.2, 0.25) is 5.91 Å². The number of fused-ring (bicyclic) bond motifs is 1. The predicted octanol–water partition coefficient (Wildman–Crippen LogP) is 8.71. The van der Waals surface area contributed by atoms with Crippen LogP contribution in [0.15, 0.2) is 100 Å². The van der Waals surface area contributed by atoms with Crippen molar-refractivity contribution in [3.8, 4) is 11.1 Å². The molecular formula is C41H40F5N3O3S. The molecule has 278 valence electrons. The number of aromatic nitrogens is 1. The summed E-state index contributed by atoms with van der Waals surface area (Å²) >= 11 is -0.583. The van der Waals surface area contributed by atoms with Crippen molar-refractivity contribution < 1.29 is 69.9 Å². The number of nitrogens with zero attached hydrogens (tertiary/aromatic N) is 3. The molecule has 4 aromatic carbocycles. The van der Waals surface area contributed by atoms with Crippen molar-refractivity contribution in [2.75, 3.05) is 33.2 Å². The zero-order chi connectivity index (χ0) is 62.4. The lowest BCUT2D eigenvalue weighted by Gasteiger charge is -2.39. The number of pyridine rings is 1. The highest BCUT2D eigenvalue weighted by Crippen LogP contribution is 2.32. The summed E-state index contributed by atoms with van der Waals surface area (Å²) in [6, 6.07) is -25.9. The minimum Gasteiger partial charge on any atom is -0.383 e. The second-order valence-electron chi connectivity index (χ2n) is 10.5. The van der Waals surface area contributed by atoms with Crippen LogP contribution in [0.5, 0.6) is 0 Å². The third-order valence-electron chi connectivity index (χ3n) is 7.08. The fraction of sp³-hybridized carbons (Fsp3) is 0.317. The first-order valence-electron chi connectivity index (χ1n) is 28.7. The molecule has 0 N–H and O–H groups in total. The summed E-state index contributed by atoms with van der Waals surface area (Å²) < 4.78 is 322. The van der Waals surface area contributed by atoms with Crippen LogP contribution in [0, 0.1) is 18.6 Å². The van der Waals surface area contributed by atoms with Gasteiger partial charge in [-0.3, -0.25) is 9.59 Å². The molecule has 0 unspecified atom stereocenters. The molecule has 1 aromatic heterocycles. The Morgan fingerprint density at radius 3 is 2.43 bits per heavy atom. The molecule has 0 bridgehead atoms. The summed E-state index contributed by atoms with van der Waals surface area (Å²) in [4.78, 5) is 29.0. The Bertz CT molecular complexity index is 3470. The fourth-order valence-corrected chi connectivity index (χ4v) is 5.22. The normalized spacial score (nSPS) is 26.7. The van der Waals surface area contributed by atoms with E-state index in [1.165, 1.54) is 0 Å². The number of likely N-dealkylation sites (tertiary alicyclic amines) is 1. The fourth-order valence-electron chi connectivity index (χ4n) is 4.47. The maximum Gasteiger partial charge on any atom is 0.416 e. The summed E-state index contributed by atoms with van der Waals surface area (Å²) in [6.45, 7) is -16.3. The van der Waals surface area contributed by atoms with Gasteiger partial charge < -0.3 is 19.1 Å². The van der Waals surface area contributed by atoms with Crippen molar-refractivity contribution in [3.63, 3.8) is 0 Å². The minimum atomic E-state index is -5.50. The number of amides is 1. The quantitative estimate of drug-likeness (QED) is 0.0938. The number of benzene rings is 4. The molecule has 1 saturated heterocycles. The van der Waals surface area contributed by atoms with E-state index in [0.29, 0.717) is 7.11 Å². The van der Waals surface area contributed by atoms with Crippen molar-refractivity contribution in [2.24, 2.45) is 0 Å². The Hall–Kier alpha value is -4.52. The van der Waals surface area contributed by atoms with E-state index in [4.69, 9.17) is 31.5 Å². The van der Waals surface area contributed by atoms with Crippen LogP contribution in [0.1, 0.15) is 73.4 Å². The Morgan fingerprint density at radius 1 is 1.00 bits per heavy atom. The maximum atomic E-state index is 15.7. The van der Waals surface area contributed by atoms with Gasteiger partial charge in [0, 0.05) is 75.6 Å². The number of piperidine rings is 1. The first kappa shape index (κ1) is 16.5. The molecule has 1 fully saturated rings. The molecule has 0 radical (unpaired) electrons. The van der Waals surface area contributed by atoms with Gasteiger partial charge in [-0.05, 0) is 72.1 Å². The summed E-state index contributed by atoms with van der Waals surface area (Å²) in [6.07, 6.45) is -14.5. The first-order valence-corrected chi connectivity index (χ1v) is 15.5. The van der Waals surface area contributed by atoms with Gasteiger partial charge in [-0.15, -0.1) is 11.8 Å². The molecule has 5 aromatic rings. The number of carbonyl (C=O) groups excluding carboxylic acids is 1. The molecule has 1 amide bonds. The van der Waals surface area contributed by atoms with E-state index in [2.05, 4.69) is 4.74 Å². The van der Waals surface area contributed by atoms with Gasteiger partial charge in [0.15, 0.2) is 17.1 Å². The van der Waals surface area contributed by atoms with Crippen LogP contribution < -0.4 is 5.43 Å². The number of thioether (sulfide) groups is 1. The van der Waals surface area contributed by atoms with Crippen LogP contribution in [0.25, 0.3) is 22.0 Å². The Balaban J connectivity index is 1.76. The minimum absolute atomic E-state index is 0.156. The number of alkyl halides is 3. The topological polar surface area (TPSA) is 54.8 Å². The number of para-hydroxylation sites is 1. The van der Waals surface area contributed by atoms with Gasteiger partial charge in [0.1, 0.15) is 6.54 Å². The summed E-state index contributed by atoms with van der Waals surface area (Å²) in [5, 5.41) is -2.56. The lowest BCUT2D eigenvalue weighted by molar-refractivity contribution is -0.137. The van der Waals surface area contributed by atoms with Crippen molar-refractivity contribution >= 4 is 28.6 Å². The standard InChI is InChI=1S/C41H40F5N3O3S/c1-27-22-29(28-12-14-32(15-13-28)41(44,45)46)10-11-30(27)24-48(33-16-18-47(19-17-33)20-21-52-2)38(51)25-49-36-9-4-3-7-34(36)37(50)23-39(49)53-26-31-6-5-8-35(42)40(31)43/h3-15,22-23,33H,16-21,24-26H2,1-2H3/i3D,4D,5D,6D,7D,8D,9D,10D,11D,12D,13D,14D,15D,16D2,17D2,18D2,19D2,21D2,22D,23D,26D2,33D. The highest BCUT2D eigenvalue weighted by molar-refractivity contribution is 7.98. The molecule has 12 heteroatoms. The van der Waals surface area contributed by atoms with E-state index in [1.54, 1.807) is 0 Å². The zero-order valence-corrected chi connectivity index (χ0v) is 27.8. The Kier molecular flexibility index (Phi) is 5.17. The highest BCUT2D eigenvalue weighted by Gasteiger charge is 2.31. The summed E-state index contributed by atoms with van der Waals surface area (Å²) in [7, 11) is 0.702. The second kappa shape index (κ2) is 16.7. The third-order valence-corrected chi connectivity index (χ3v) is 7.90. The smallest absolute Gasteiger partial charge is 0.383 e.